The van der Waals surface area contributed by atoms with E-state index in [0.717, 1.165) is 0 Å². The summed E-state index contributed by atoms with van der Waals surface area (Å²) in [5, 5.41) is 3.61. The average Bonchev–Trinajstić information content (AvgIpc) is 2.64. The maximum absolute atomic E-state index is 3.61. The first-order valence-electron chi connectivity index (χ1n) is 7.66. The molecule has 1 atom stereocenters. The lowest BCUT2D eigenvalue weighted by Gasteiger charge is -2.46. The van der Waals surface area contributed by atoms with E-state index in [0.29, 0.717) is 6.04 Å². The standard InChI is InChI=1S/C16H32N2/c1-6-16(7-2,18(4)5)15(17-3)14-12-10-8-9-11-13-14/h12,15,17H,6-11,13H2,1-5H3. The summed E-state index contributed by atoms with van der Waals surface area (Å²) < 4.78 is 0. The molecule has 106 valence electrons. The Balaban J connectivity index is 3.00. The highest BCUT2D eigenvalue weighted by Gasteiger charge is 2.38. The smallest absolute Gasteiger partial charge is 0.0463 e. The van der Waals surface area contributed by atoms with E-state index in [1.54, 1.807) is 5.57 Å². The van der Waals surface area contributed by atoms with Crippen molar-refractivity contribution < 1.29 is 0 Å². The lowest BCUT2D eigenvalue weighted by Crippen LogP contribution is -2.58. The third-order valence-corrected chi connectivity index (χ3v) is 4.89. The second kappa shape index (κ2) is 7.30. The number of hydrogen-bond acceptors (Lipinski definition) is 2. The van der Waals surface area contributed by atoms with Crippen molar-refractivity contribution >= 4 is 0 Å². The van der Waals surface area contributed by atoms with Crippen LogP contribution in [0.25, 0.3) is 0 Å². The summed E-state index contributed by atoms with van der Waals surface area (Å²) in [7, 11) is 6.59. The summed E-state index contributed by atoms with van der Waals surface area (Å²) in [4.78, 5) is 2.43. The fraction of sp³-hybridized carbons (Fsp3) is 0.875. The second-order valence-electron chi connectivity index (χ2n) is 5.81. The number of nitrogens with one attached hydrogen (secondary N) is 1. The minimum Gasteiger partial charge on any atom is -0.312 e. The molecule has 1 aliphatic carbocycles. The molecular weight excluding hydrogens is 220 g/mol. The molecule has 1 rings (SSSR count). The number of hydrogen-bond donors (Lipinski definition) is 1. The van der Waals surface area contributed by atoms with Gasteiger partial charge in [-0.2, -0.15) is 0 Å². The van der Waals surface area contributed by atoms with Crippen LogP contribution in [0.5, 0.6) is 0 Å². The molecule has 0 saturated heterocycles. The van der Waals surface area contributed by atoms with Gasteiger partial charge in [0.2, 0.25) is 0 Å². The molecule has 2 heteroatoms. The van der Waals surface area contributed by atoms with Crippen LogP contribution in [0.15, 0.2) is 11.6 Å². The van der Waals surface area contributed by atoms with Crippen molar-refractivity contribution in [3.05, 3.63) is 11.6 Å². The van der Waals surface area contributed by atoms with Gasteiger partial charge in [0.05, 0.1) is 0 Å². The second-order valence-corrected chi connectivity index (χ2v) is 5.81. The Morgan fingerprint density at radius 2 is 1.89 bits per heavy atom. The van der Waals surface area contributed by atoms with Gasteiger partial charge in [-0.05, 0) is 59.7 Å². The Morgan fingerprint density at radius 1 is 1.22 bits per heavy atom. The van der Waals surface area contributed by atoms with Gasteiger partial charge >= 0.3 is 0 Å². The van der Waals surface area contributed by atoms with Gasteiger partial charge in [0.15, 0.2) is 0 Å². The van der Waals surface area contributed by atoms with Gasteiger partial charge in [-0.15, -0.1) is 0 Å². The van der Waals surface area contributed by atoms with Gasteiger partial charge in [0.1, 0.15) is 0 Å². The van der Waals surface area contributed by atoms with Gasteiger partial charge in [0, 0.05) is 11.6 Å². The third-order valence-electron chi connectivity index (χ3n) is 4.89. The van der Waals surface area contributed by atoms with Crippen LogP contribution in [0.2, 0.25) is 0 Å². The van der Waals surface area contributed by atoms with Crippen LogP contribution in [0.1, 0.15) is 58.8 Å². The monoisotopic (exact) mass is 252 g/mol. The Bertz CT molecular complexity index is 264. The maximum atomic E-state index is 3.61. The van der Waals surface area contributed by atoms with Crippen LogP contribution in [0.3, 0.4) is 0 Å². The first-order valence-corrected chi connectivity index (χ1v) is 7.66. The quantitative estimate of drug-likeness (QED) is 0.727. The van der Waals surface area contributed by atoms with Crippen LogP contribution < -0.4 is 5.32 Å². The molecule has 1 aliphatic rings. The summed E-state index contributed by atoms with van der Waals surface area (Å²) in [5.41, 5.74) is 1.90. The van der Waals surface area contributed by atoms with Gasteiger partial charge in [-0.3, -0.25) is 0 Å². The minimum atomic E-state index is 0.255. The van der Waals surface area contributed by atoms with Gasteiger partial charge in [0.25, 0.3) is 0 Å². The first kappa shape index (κ1) is 15.7. The molecule has 0 fully saturated rings. The number of likely N-dealkylation sites (N-methyl/N-ethyl adjacent to an activating group) is 2. The van der Waals surface area contributed by atoms with E-state index < -0.39 is 0 Å². The summed E-state index contributed by atoms with van der Waals surface area (Å²) in [6.45, 7) is 4.65. The number of allylic oxidation sites excluding steroid dienone is 1. The molecule has 0 amide bonds. The predicted octanol–water partition coefficient (Wildman–Crippen LogP) is 3.59. The van der Waals surface area contributed by atoms with Crippen LogP contribution >= 0.6 is 0 Å². The first-order chi connectivity index (χ1) is 8.62. The lowest BCUT2D eigenvalue weighted by molar-refractivity contribution is 0.105. The van der Waals surface area contributed by atoms with Crippen molar-refractivity contribution in [1.29, 1.82) is 0 Å². The van der Waals surface area contributed by atoms with Crippen molar-refractivity contribution in [1.82, 2.24) is 10.2 Å². The molecule has 0 aromatic heterocycles. The van der Waals surface area contributed by atoms with Crippen molar-refractivity contribution in [3.63, 3.8) is 0 Å². The normalized spacial score (nSPS) is 19.6. The van der Waals surface area contributed by atoms with Crippen molar-refractivity contribution in [2.24, 2.45) is 0 Å². The molecular formula is C16H32N2. The van der Waals surface area contributed by atoms with Crippen LogP contribution in [0, 0.1) is 0 Å². The van der Waals surface area contributed by atoms with Crippen LogP contribution in [-0.2, 0) is 0 Å². The molecule has 0 aromatic carbocycles. The van der Waals surface area contributed by atoms with Crippen molar-refractivity contribution in [2.75, 3.05) is 21.1 Å². The molecule has 0 radical (unpaired) electrons. The van der Waals surface area contributed by atoms with Gasteiger partial charge < -0.3 is 10.2 Å². The Hall–Kier alpha value is -0.340. The minimum absolute atomic E-state index is 0.255. The van der Waals surface area contributed by atoms with E-state index in [-0.39, 0.29) is 5.54 Å². The third kappa shape index (κ3) is 3.16. The van der Waals surface area contributed by atoms with E-state index >= 15 is 0 Å². The van der Waals surface area contributed by atoms with Gasteiger partial charge in [-0.25, -0.2) is 0 Å². The maximum Gasteiger partial charge on any atom is 0.0463 e. The molecule has 2 nitrogen and oxygen atoms in total. The molecule has 0 spiro atoms. The van der Waals surface area contributed by atoms with E-state index in [9.17, 15) is 0 Å². The summed E-state index contributed by atoms with van der Waals surface area (Å²) in [6.07, 6.45) is 11.6. The van der Waals surface area contributed by atoms with Crippen LogP contribution in [-0.4, -0.2) is 37.6 Å². The molecule has 0 saturated carbocycles. The summed E-state index contributed by atoms with van der Waals surface area (Å²) in [5.74, 6) is 0. The molecule has 0 heterocycles. The fourth-order valence-corrected chi connectivity index (χ4v) is 3.65. The molecule has 1 N–H and O–H groups in total. The van der Waals surface area contributed by atoms with Crippen molar-refractivity contribution in [3.8, 4) is 0 Å². The summed E-state index contributed by atoms with van der Waals surface area (Å²) in [6, 6.07) is 0.501. The average molecular weight is 252 g/mol. The van der Waals surface area contributed by atoms with E-state index in [4.69, 9.17) is 0 Å². The topological polar surface area (TPSA) is 15.3 Å². The van der Waals surface area contributed by atoms with Crippen molar-refractivity contribution in [2.45, 2.75) is 70.4 Å². The molecule has 0 aliphatic heterocycles. The summed E-state index contributed by atoms with van der Waals surface area (Å²) >= 11 is 0. The highest BCUT2D eigenvalue weighted by Crippen LogP contribution is 2.33. The number of rotatable bonds is 6. The molecule has 0 bridgehead atoms. The highest BCUT2D eigenvalue weighted by atomic mass is 15.2. The molecule has 0 aromatic rings. The SMILES string of the molecule is CCC(CC)(C(NC)C1=CCCCCC1)N(C)C. The van der Waals surface area contributed by atoms with Gasteiger partial charge in [-0.1, -0.05) is 31.9 Å². The Morgan fingerprint density at radius 3 is 2.39 bits per heavy atom. The zero-order valence-corrected chi connectivity index (χ0v) is 13.1. The lowest BCUT2D eigenvalue weighted by atomic mass is 9.78. The Kier molecular flexibility index (Phi) is 6.37. The van der Waals surface area contributed by atoms with Crippen LogP contribution in [0.4, 0.5) is 0 Å². The van der Waals surface area contributed by atoms with E-state index in [2.05, 4.69) is 51.3 Å². The fourth-order valence-electron chi connectivity index (χ4n) is 3.65. The van der Waals surface area contributed by atoms with E-state index in [1.165, 1.54) is 44.9 Å². The molecule has 18 heavy (non-hydrogen) atoms. The predicted molar refractivity (Wildman–Crippen MR) is 81.0 cm³/mol. The Labute approximate surface area is 114 Å². The zero-order chi connectivity index (χ0) is 13.6. The highest BCUT2D eigenvalue weighted by molar-refractivity contribution is 5.20. The number of nitrogens with zero attached hydrogens (tertiary/aromatic N) is 1. The zero-order valence-electron chi connectivity index (χ0n) is 13.1. The molecule has 1 unspecified atom stereocenters. The largest absolute Gasteiger partial charge is 0.312 e. The van der Waals surface area contributed by atoms with E-state index in [1.807, 2.05) is 0 Å².